The maximum Gasteiger partial charge on any atom is 0.147 e. The summed E-state index contributed by atoms with van der Waals surface area (Å²) < 4.78 is 0. The number of aryl methyl sites for hydroxylation is 1. The normalized spacial score (nSPS) is 8.50. The van der Waals surface area contributed by atoms with Crippen molar-refractivity contribution in [2.24, 2.45) is 0 Å². The third kappa shape index (κ3) is 3.20. The molecule has 1 aromatic carbocycles. The minimum Gasteiger partial charge on any atom is -0.306 e. The van der Waals surface area contributed by atoms with Crippen LogP contribution in [0.3, 0.4) is 0 Å². The molecule has 0 bridgehead atoms. The van der Waals surface area contributed by atoms with Crippen LogP contribution < -0.4 is 10.9 Å². The number of benzene rings is 1. The molecule has 0 heterocycles. The van der Waals surface area contributed by atoms with E-state index in [1.54, 1.807) is 24.3 Å². The predicted octanol–water partition coefficient (Wildman–Crippen LogP) is 2.50. The minimum absolute atomic E-state index is 0.00168. The van der Waals surface area contributed by atoms with Crippen molar-refractivity contribution in [2.45, 2.75) is 6.92 Å². The second kappa shape index (κ2) is 5.65. The van der Waals surface area contributed by atoms with Gasteiger partial charge in [0.1, 0.15) is 17.7 Å². The molecule has 5 heteroatoms. The Morgan fingerprint density at radius 1 is 1.38 bits per heavy atom. The number of halogens is 1. The number of hydrazine groups is 1. The van der Waals surface area contributed by atoms with Crippen LogP contribution in [0, 0.1) is 29.6 Å². The first-order valence-corrected chi connectivity index (χ1v) is 4.83. The van der Waals surface area contributed by atoms with Crippen LogP contribution in [0.1, 0.15) is 5.56 Å². The molecule has 0 unspecified atom stereocenters. The SMILES string of the molecule is Cc1cc(NNC=C(C#N)C#N)ccc1Cl. The molecular weight excluding hydrogens is 224 g/mol. The van der Waals surface area contributed by atoms with Crippen LogP contribution in [0.25, 0.3) is 0 Å². The second-order valence-electron chi connectivity index (χ2n) is 3.01. The third-order valence-electron chi connectivity index (χ3n) is 1.83. The number of nitriles is 2. The number of allylic oxidation sites excluding steroid dienone is 1. The molecule has 16 heavy (non-hydrogen) atoms. The van der Waals surface area contributed by atoms with E-state index in [0.717, 1.165) is 11.3 Å². The second-order valence-corrected chi connectivity index (χ2v) is 3.42. The maximum atomic E-state index is 8.48. The molecule has 1 aromatic rings. The molecule has 0 radical (unpaired) electrons. The van der Waals surface area contributed by atoms with Gasteiger partial charge in [-0.25, -0.2) is 0 Å². The molecular formula is C11H9ClN4. The van der Waals surface area contributed by atoms with Crippen LogP contribution in [-0.4, -0.2) is 0 Å². The van der Waals surface area contributed by atoms with Gasteiger partial charge >= 0.3 is 0 Å². The highest BCUT2D eigenvalue weighted by atomic mass is 35.5. The Hall–Kier alpha value is -2.17. The van der Waals surface area contributed by atoms with E-state index in [1.807, 2.05) is 13.0 Å². The lowest BCUT2D eigenvalue weighted by molar-refractivity contribution is 1.05. The predicted molar refractivity (Wildman–Crippen MR) is 62.3 cm³/mol. The lowest BCUT2D eigenvalue weighted by atomic mass is 10.2. The Bertz CT molecular complexity index is 478. The van der Waals surface area contributed by atoms with Crippen LogP contribution >= 0.6 is 11.6 Å². The molecule has 0 aliphatic carbocycles. The zero-order valence-electron chi connectivity index (χ0n) is 8.58. The van der Waals surface area contributed by atoms with Crippen LogP contribution in [0.15, 0.2) is 30.0 Å². The van der Waals surface area contributed by atoms with E-state index in [9.17, 15) is 0 Å². The fourth-order valence-corrected chi connectivity index (χ4v) is 1.12. The lowest BCUT2D eigenvalue weighted by Gasteiger charge is -2.07. The van der Waals surface area contributed by atoms with Crippen LogP contribution in [-0.2, 0) is 0 Å². The first kappa shape index (κ1) is 11.9. The molecule has 80 valence electrons. The van der Waals surface area contributed by atoms with Crippen molar-refractivity contribution >= 4 is 17.3 Å². The highest BCUT2D eigenvalue weighted by molar-refractivity contribution is 6.31. The quantitative estimate of drug-likeness (QED) is 0.621. The zero-order valence-corrected chi connectivity index (χ0v) is 9.34. The number of anilines is 1. The van der Waals surface area contributed by atoms with Crippen molar-refractivity contribution in [1.82, 2.24) is 5.43 Å². The van der Waals surface area contributed by atoms with Gasteiger partial charge in [-0.1, -0.05) is 11.6 Å². The summed E-state index contributed by atoms with van der Waals surface area (Å²) in [5.74, 6) is 0. The van der Waals surface area contributed by atoms with E-state index in [2.05, 4.69) is 10.9 Å². The molecule has 4 nitrogen and oxygen atoms in total. The Labute approximate surface area is 98.7 Å². The monoisotopic (exact) mass is 232 g/mol. The van der Waals surface area contributed by atoms with Crippen molar-refractivity contribution in [1.29, 1.82) is 10.5 Å². The van der Waals surface area contributed by atoms with Crippen molar-refractivity contribution in [3.05, 3.63) is 40.6 Å². The largest absolute Gasteiger partial charge is 0.306 e. The molecule has 2 N–H and O–H groups in total. The Morgan fingerprint density at radius 3 is 2.62 bits per heavy atom. The van der Waals surface area contributed by atoms with Crippen LogP contribution in [0.2, 0.25) is 5.02 Å². The Balaban J connectivity index is 2.63. The molecule has 0 saturated heterocycles. The topological polar surface area (TPSA) is 71.6 Å². The van der Waals surface area contributed by atoms with Crippen molar-refractivity contribution in [3.8, 4) is 12.1 Å². The summed E-state index contributed by atoms with van der Waals surface area (Å²) in [7, 11) is 0. The number of rotatable bonds is 3. The Kier molecular flexibility index (Phi) is 4.20. The van der Waals surface area contributed by atoms with E-state index < -0.39 is 0 Å². The van der Waals surface area contributed by atoms with Gasteiger partial charge in [-0.05, 0) is 30.7 Å². The van der Waals surface area contributed by atoms with Crippen molar-refractivity contribution in [3.63, 3.8) is 0 Å². The van der Waals surface area contributed by atoms with Crippen LogP contribution in [0.4, 0.5) is 5.69 Å². The summed E-state index contributed by atoms with van der Waals surface area (Å²) in [4.78, 5) is 0. The summed E-state index contributed by atoms with van der Waals surface area (Å²) >= 11 is 5.86. The van der Waals surface area contributed by atoms with E-state index in [1.165, 1.54) is 6.20 Å². The molecule has 0 saturated carbocycles. The van der Waals surface area contributed by atoms with Gasteiger partial charge < -0.3 is 10.9 Å². The van der Waals surface area contributed by atoms with Gasteiger partial charge in [-0.2, -0.15) is 10.5 Å². The van der Waals surface area contributed by atoms with Gasteiger partial charge in [0.05, 0.1) is 5.69 Å². The summed E-state index contributed by atoms with van der Waals surface area (Å²) in [6.07, 6.45) is 1.30. The standard InChI is InChI=1S/C11H9ClN4/c1-8-4-10(2-3-11(8)12)16-15-7-9(5-13)6-14/h2-4,7,15-16H,1H3. The molecule has 0 fully saturated rings. The molecule has 0 aromatic heterocycles. The number of nitrogens with one attached hydrogen (secondary N) is 2. The molecule has 0 aliphatic rings. The first-order valence-electron chi connectivity index (χ1n) is 4.45. The van der Waals surface area contributed by atoms with Crippen molar-refractivity contribution < 1.29 is 0 Å². The van der Waals surface area contributed by atoms with Crippen LogP contribution in [0.5, 0.6) is 0 Å². The smallest absolute Gasteiger partial charge is 0.147 e. The summed E-state index contributed by atoms with van der Waals surface area (Å²) in [5.41, 5.74) is 7.22. The van der Waals surface area contributed by atoms with Gasteiger partial charge in [-0.3, -0.25) is 0 Å². The Morgan fingerprint density at radius 2 is 2.06 bits per heavy atom. The summed E-state index contributed by atoms with van der Waals surface area (Å²) in [6, 6.07) is 8.87. The first-order chi connectivity index (χ1) is 7.67. The fourth-order valence-electron chi connectivity index (χ4n) is 1.00. The summed E-state index contributed by atoms with van der Waals surface area (Å²) in [5, 5.41) is 17.6. The summed E-state index contributed by atoms with van der Waals surface area (Å²) in [6.45, 7) is 1.89. The molecule has 0 amide bonds. The van der Waals surface area contributed by atoms with Gasteiger partial charge in [-0.15, -0.1) is 0 Å². The maximum absolute atomic E-state index is 8.48. The number of hydrogen-bond donors (Lipinski definition) is 2. The van der Waals surface area contributed by atoms with Gasteiger partial charge in [0.25, 0.3) is 0 Å². The third-order valence-corrected chi connectivity index (χ3v) is 2.26. The highest BCUT2D eigenvalue weighted by Crippen LogP contribution is 2.18. The van der Waals surface area contributed by atoms with E-state index in [4.69, 9.17) is 22.1 Å². The number of hydrogen-bond acceptors (Lipinski definition) is 4. The zero-order chi connectivity index (χ0) is 12.0. The molecule has 0 aliphatic heterocycles. The van der Waals surface area contributed by atoms with Gasteiger partial charge in [0, 0.05) is 11.2 Å². The minimum atomic E-state index is -0.00168. The fraction of sp³-hybridized carbons (Fsp3) is 0.0909. The average Bonchev–Trinajstić information content (AvgIpc) is 2.29. The van der Waals surface area contributed by atoms with Gasteiger partial charge in [0.2, 0.25) is 0 Å². The lowest BCUT2D eigenvalue weighted by Crippen LogP contribution is -2.14. The van der Waals surface area contributed by atoms with Crippen molar-refractivity contribution in [2.75, 3.05) is 5.43 Å². The average molecular weight is 233 g/mol. The van der Waals surface area contributed by atoms with E-state index >= 15 is 0 Å². The number of nitrogens with zero attached hydrogens (tertiary/aromatic N) is 2. The van der Waals surface area contributed by atoms with E-state index in [0.29, 0.717) is 5.02 Å². The molecule has 1 rings (SSSR count). The molecule has 0 atom stereocenters. The van der Waals surface area contributed by atoms with Gasteiger partial charge in [0.15, 0.2) is 0 Å². The highest BCUT2D eigenvalue weighted by Gasteiger charge is 1.96. The molecule has 0 spiro atoms. The van der Waals surface area contributed by atoms with E-state index in [-0.39, 0.29) is 5.57 Å².